The van der Waals surface area contributed by atoms with E-state index in [-0.39, 0.29) is 11.9 Å². The molecule has 4 nitrogen and oxygen atoms in total. The van der Waals surface area contributed by atoms with Crippen molar-refractivity contribution in [2.45, 2.75) is 13.0 Å². The lowest BCUT2D eigenvalue weighted by molar-refractivity contribution is 0.0940. The molecule has 0 aliphatic heterocycles. The van der Waals surface area contributed by atoms with Crippen LogP contribution < -0.4 is 15.8 Å². The molecule has 2 rings (SSSR count). The minimum atomic E-state index is -0.215. The van der Waals surface area contributed by atoms with Gasteiger partial charge < -0.3 is 15.8 Å². The fourth-order valence-corrected chi connectivity index (χ4v) is 2.24. The molecule has 2 aromatic rings. The predicted molar refractivity (Wildman–Crippen MR) is 84.7 cm³/mol. The Hall–Kier alpha value is -2.20. The van der Waals surface area contributed by atoms with Crippen molar-refractivity contribution in [2.24, 2.45) is 0 Å². The summed E-state index contributed by atoms with van der Waals surface area (Å²) in [6.07, 6.45) is 0. The van der Waals surface area contributed by atoms with Crippen molar-refractivity contribution < 1.29 is 9.53 Å². The van der Waals surface area contributed by atoms with Crippen LogP contribution in [0.2, 0.25) is 5.02 Å². The maximum Gasteiger partial charge on any atom is 0.251 e. The Bertz CT molecular complexity index is 621. The average molecular weight is 305 g/mol. The first-order valence-electron chi connectivity index (χ1n) is 6.50. The van der Waals surface area contributed by atoms with Crippen molar-refractivity contribution in [3.8, 4) is 5.75 Å². The Labute approximate surface area is 128 Å². The number of amides is 1. The van der Waals surface area contributed by atoms with E-state index in [1.165, 1.54) is 0 Å². The van der Waals surface area contributed by atoms with E-state index in [4.69, 9.17) is 22.1 Å². The zero-order valence-corrected chi connectivity index (χ0v) is 12.6. The number of nitrogens with two attached hydrogens (primary N) is 1. The molecule has 3 N–H and O–H groups in total. The van der Waals surface area contributed by atoms with Crippen LogP contribution in [-0.2, 0) is 0 Å². The molecule has 0 fully saturated rings. The topological polar surface area (TPSA) is 64.3 Å². The molecule has 0 spiro atoms. The molecule has 0 unspecified atom stereocenters. The maximum absolute atomic E-state index is 12.2. The van der Waals surface area contributed by atoms with Crippen molar-refractivity contribution in [3.05, 3.63) is 58.6 Å². The van der Waals surface area contributed by atoms with Crippen molar-refractivity contribution in [3.63, 3.8) is 0 Å². The molecule has 110 valence electrons. The van der Waals surface area contributed by atoms with Gasteiger partial charge in [0.05, 0.1) is 13.2 Å². The third kappa shape index (κ3) is 3.89. The molecule has 0 aliphatic rings. The second kappa shape index (κ2) is 6.50. The SMILES string of the molecule is COc1ccc([C@H](C)NC(=O)c2cc(N)cc(Cl)c2)cc1. The van der Waals surface area contributed by atoms with Gasteiger partial charge in [-0.3, -0.25) is 4.79 Å². The van der Waals surface area contributed by atoms with E-state index < -0.39 is 0 Å². The smallest absolute Gasteiger partial charge is 0.251 e. The van der Waals surface area contributed by atoms with Gasteiger partial charge in [0.2, 0.25) is 0 Å². The highest BCUT2D eigenvalue weighted by molar-refractivity contribution is 6.31. The number of hydrogen-bond acceptors (Lipinski definition) is 3. The number of halogens is 1. The Balaban J connectivity index is 2.10. The molecular weight excluding hydrogens is 288 g/mol. The van der Waals surface area contributed by atoms with Gasteiger partial charge in [0, 0.05) is 16.3 Å². The molecule has 1 atom stereocenters. The van der Waals surface area contributed by atoms with Gasteiger partial charge >= 0.3 is 0 Å². The first-order chi connectivity index (χ1) is 9.99. The van der Waals surface area contributed by atoms with Crippen LogP contribution in [0.5, 0.6) is 5.75 Å². The first-order valence-corrected chi connectivity index (χ1v) is 6.88. The molecule has 5 heteroatoms. The molecule has 0 radical (unpaired) electrons. The minimum absolute atomic E-state index is 0.136. The van der Waals surface area contributed by atoms with Crippen LogP contribution in [0.3, 0.4) is 0 Å². The van der Waals surface area contributed by atoms with E-state index in [0.717, 1.165) is 11.3 Å². The summed E-state index contributed by atoms with van der Waals surface area (Å²) in [4.78, 5) is 12.2. The third-order valence-electron chi connectivity index (χ3n) is 3.15. The second-order valence-electron chi connectivity index (χ2n) is 4.74. The summed E-state index contributed by atoms with van der Waals surface area (Å²) in [5.41, 5.74) is 7.59. The summed E-state index contributed by atoms with van der Waals surface area (Å²) < 4.78 is 5.11. The van der Waals surface area contributed by atoms with Crippen molar-refractivity contribution in [2.75, 3.05) is 12.8 Å². The van der Waals surface area contributed by atoms with Gasteiger partial charge in [-0.15, -0.1) is 0 Å². The van der Waals surface area contributed by atoms with E-state index >= 15 is 0 Å². The minimum Gasteiger partial charge on any atom is -0.497 e. The fourth-order valence-electron chi connectivity index (χ4n) is 2.00. The Morgan fingerprint density at radius 1 is 1.24 bits per heavy atom. The first kappa shape index (κ1) is 15.2. The number of benzene rings is 2. The highest BCUT2D eigenvalue weighted by atomic mass is 35.5. The summed E-state index contributed by atoms with van der Waals surface area (Å²) in [6, 6.07) is 12.2. The molecule has 0 bridgehead atoms. The van der Waals surface area contributed by atoms with Crippen molar-refractivity contribution >= 4 is 23.2 Å². The molecule has 0 saturated heterocycles. The van der Waals surface area contributed by atoms with Crippen LogP contribution in [0.15, 0.2) is 42.5 Å². The standard InChI is InChI=1S/C16H17ClN2O2/c1-10(11-3-5-15(21-2)6-4-11)19-16(20)12-7-13(17)9-14(18)8-12/h3-10H,18H2,1-2H3,(H,19,20)/t10-/m0/s1. The van der Waals surface area contributed by atoms with Crippen LogP contribution in [0.25, 0.3) is 0 Å². The number of ether oxygens (including phenoxy) is 1. The summed E-state index contributed by atoms with van der Waals surface area (Å²) in [5, 5.41) is 3.35. The van der Waals surface area contributed by atoms with Crippen LogP contribution in [0.1, 0.15) is 28.9 Å². The van der Waals surface area contributed by atoms with Crippen LogP contribution in [0, 0.1) is 0 Å². The van der Waals surface area contributed by atoms with Crippen LogP contribution in [-0.4, -0.2) is 13.0 Å². The predicted octanol–water partition coefficient (Wildman–Crippen LogP) is 3.42. The lowest BCUT2D eigenvalue weighted by atomic mass is 10.1. The Kier molecular flexibility index (Phi) is 4.70. The van der Waals surface area contributed by atoms with Crippen LogP contribution >= 0.6 is 11.6 Å². The number of nitrogen functional groups attached to an aromatic ring is 1. The van der Waals surface area contributed by atoms with Gasteiger partial charge in [-0.25, -0.2) is 0 Å². The molecule has 21 heavy (non-hydrogen) atoms. The average Bonchev–Trinajstić information content (AvgIpc) is 2.46. The van der Waals surface area contributed by atoms with E-state index in [2.05, 4.69) is 5.32 Å². The number of anilines is 1. The zero-order chi connectivity index (χ0) is 15.4. The molecule has 1 amide bonds. The summed E-state index contributed by atoms with van der Waals surface area (Å²) >= 11 is 5.91. The number of hydrogen-bond donors (Lipinski definition) is 2. The highest BCUT2D eigenvalue weighted by Gasteiger charge is 2.12. The summed E-state index contributed by atoms with van der Waals surface area (Å²) in [6.45, 7) is 1.91. The van der Waals surface area contributed by atoms with Crippen molar-refractivity contribution in [1.29, 1.82) is 0 Å². The van der Waals surface area contributed by atoms with Gasteiger partial charge in [0.1, 0.15) is 5.75 Å². The Morgan fingerprint density at radius 2 is 1.90 bits per heavy atom. The molecule has 2 aromatic carbocycles. The molecule has 0 aliphatic carbocycles. The van der Waals surface area contributed by atoms with Gasteiger partial charge in [0.15, 0.2) is 0 Å². The monoisotopic (exact) mass is 304 g/mol. The highest BCUT2D eigenvalue weighted by Crippen LogP contribution is 2.20. The van der Waals surface area contributed by atoms with E-state index in [1.54, 1.807) is 25.3 Å². The van der Waals surface area contributed by atoms with E-state index in [9.17, 15) is 4.79 Å². The number of nitrogens with one attached hydrogen (secondary N) is 1. The van der Waals surface area contributed by atoms with E-state index in [0.29, 0.717) is 16.3 Å². The Morgan fingerprint density at radius 3 is 2.48 bits per heavy atom. The quantitative estimate of drug-likeness (QED) is 0.851. The normalized spacial score (nSPS) is 11.8. The molecule has 0 aromatic heterocycles. The fraction of sp³-hybridized carbons (Fsp3) is 0.188. The van der Waals surface area contributed by atoms with Crippen LogP contribution in [0.4, 0.5) is 5.69 Å². The molecular formula is C16H17ClN2O2. The number of carbonyl (C=O) groups excluding carboxylic acids is 1. The van der Waals surface area contributed by atoms with Gasteiger partial charge in [-0.05, 0) is 42.8 Å². The number of carbonyl (C=O) groups is 1. The summed E-state index contributed by atoms with van der Waals surface area (Å²) in [7, 11) is 1.61. The second-order valence-corrected chi connectivity index (χ2v) is 5.18. The molecule has 0 saturated carbocycles. The third-order valence-corrected chi connectivity index (χ3v) is 3.36. The lowest BCUT2D eigenvalue weighted by Crippen LogP contribution is -2.26. The number of methoxy groups -OCH3 is 1. The van der Waals surface area contributed by atoms with E-state index in [1.807, 2.05) is 31.2 Å². The maximum atomic E-state index is 12.2. The van der Waals surface area contributed by atoms with Gasteiger partial charge in [-0.1, -0.05) is 23.7 Å². The van der Waals surface area contributed by atoms with Crippen molar-refractivity contribution in [1.82, 2.24) is 5.32 Å². The number of rotatable bonds is 4. The van der Waals surface area contributed by atoms with Gasteiger partial charge in [-0.2, -0.15) is 0 Å². The largest absolute Gasteiger partial charge is 0.497 e. The molecule has 0 heterocycles. The lowest BCUT2D eigenvalue weighted by Gasteiger charge is -2.15. The van der Waals surface area contributed by atoms with Gasteiger partial charge in [0.25, 0.3) is 5.91 Å². The summed E-state index contributed by atoms with van der Waals surface area (Å²) in [5.74, 6) is 0.562. The zero-order valence-electron chi connectivity index (χ0n) is 11.9.